The highest BCUT2D eigenvalue weighted by Crippen LogP contribution is 2.26. The Bertz CT molecular complexity index is 811. The molecule has 0 aliphatic carbocycles. The van der Waals surface area contributed by atoms with Gasteiger partial charge in [-0.2, -0.15) is 4.98 Å². The van der Waals surface area contributed by atoms with E-state index in [1.54, 1.807) is 17.5 Å². The van der Waals surface area contributed by atoms with E-state index in [0.717, 1.165) is 15.8 Å². The Morgan fingerprint density at radius 1 is 1.38 bits per heavy atom. The van der Waals surface area contributed by atoms with Crippen LogP contribution in [0.25, 0.3) is 21.6 Å². The van der Waals surface area contributed by atoms with Gasteiger partial charge < -0.3 is 9.26 Å². The smallest absolute Gasteiger partial charge is 0.239 e. The van der Waals surface area contributed by atoms with Crippen LogP contribution in [0.4, 0.5) is 0 Å². The summed E-state index contributed by atoms with van der Waals surface area (Å²) < 4.78 is 11.6. The summed E-state index contributed by atoms with van der Waals surface area (Å²) in [6.45, 7) is 0.776. The van der Waals surface area contributed by atoms with Crippen LogP contribution in [-0.2, 0) is 9.53 Å². The third kappa shape index (κ3) is 2.24. The van der Waals surface area contributed by atoms with Gasteiger partial charge in [-0.15, -0.1) is 11.3 Å². The quantitative estimate of drug-likeness (QED) is 0.723. The van der Waals surface area contributed by atoms with Crippen molar-refractivity contribution >= 4 is 27.3 Å². The van der Waals surface area contributed by atoms with Gasteiger partial charge in [0.2, 0.25) is 11.7 Å². The first-order chi connectivity index (χ1) is 10.3. The number of Topliss-reactive ketones (excluding diaryl/α,β-unsaturated/α-hetero) is 1. The number of hydrogen-bond acceptors (Lipinski definition) is 7. The summed E-state index contributed by atoms with van der Waals surface area (Å²) in [6.07, 6.45) is 2.11. The summed E-state index contributed by atoms with van der Waals surface area (Å²) in [6, 6.07) is 3.93. The lowest BCUT2D eigenvalue weighted by Crippen LogP contribution is -2.25. The monoisotopic (exact) mass is 301 g/mol. The maximum Gasteiger partial charge on any atom is 0.239 e. The number of pyridine rings is 1. The molecule has 4 rings (SSSR count). The van der Waals surface area contributed by atoms with Crippen molar-refractivity contribution in [2.75, 3.05) is 13.2 Å². The van der Waals surface area contributed by atoms with Gasteiger partial charge in [0.15, 0.2) is 0 Å². The zero-order valence-corrected chi connectivity index (χ0v) is 11.8. The molecule has 1 saturated heterocycles. The van der Waals surface area contributed by atoms with Gasteiger partial charge in [0, 0.05) is 18.2 Å². The van der Waals surface area contributed by atoms with Crippen molar-refractivity contribution in [2.24, 2.45) is 0 Å². The molecule has 0 N–H and O–H groups in total. The van der Waals surface area contributed by atoms with E-state index in [1.165, 1.54) is 0 Å². The molecule has 0 bridgehead atoms. The summed E-state index contributed by atoms with van der Waals surface area (Å²) in [5, 5.41) is 5.95. The highest BCUT2D eigenvalue weighted by atomic mass is 32.1. The van der Waals surface area contributed by atoms with Gasteiger partial charge in [-0.1, -0.05) is 5.16 Å². The van der Waals surface area contributed by atoms with E-state index >= 15 is 0 Å². The molecule has 1 aliphatic heterocycles. The van der Waals surface area contributed by atoms with Crippen LogP contribution in [0.5, 0.6) is 0 Å². The fourth-order valence-corrected chi connectivity index (χ4v) is 3.09. The van der Waals surface area contributed by atoms with Gasteiger partial charge in [-0.25, -0.2) is 0 Å². The third-order valence-electron chi connectivity index (χ3n) is 3.47. The number of carbonyl (C=O) groups is 1. The van der Waals surface area contributed by atoms with E-state index in [9.17, 15) is 4.79 Å². The van der Waals surface area contributed by atoms with Crippen LogP contribution >= 0.6 is 11.3 Å². The summed E-state index contributed by atoms with van der Waals surface area (Å²) in [5.74, 6) is 0.411. The number of ketones is 1. The Balaban J connectivity index is 1.68. The van der Waals surface area contributed by atoms with Crippen LogP contribution in [0.2, 0.25) is 0 Å². The fourth-order valence-electron chi connectivity index (χ4n) is 2.31. The number of aromatic nitrogens is 3. The predicted molar refractivity (Wildman–Crippen MR) is 76.1 cm³/mol. The summed E-state index contributed by atoms with van der Waals surface area (Å²) >= 11 is 1.61. The Morgan fingerprint density at radius 2 is 2.33 bits per heavy atom. The zero-order chi connectivity index (χ0) is 14.2. The normalized spacial score (nSPS) is 19.2. The number of hydrogen-bond donors (Lipinski definition) is 0. The molecule has 1 fully saturated rings. The second-order valence-electron chi connectivity index (χ2n) is 4.83. The number of ether oxygens (including phenoxy) is 1. The highest BCUT2D eigenvalue weighted by Gasteiger charge is 2.30. The molecule has 21 heavy (non-hydrogen) atoms. The first kappa shape index (κ1) is 12.6. The number of thiophene rings is 1. The summed E-state index contributed by atoms with van der Waals surface area (Å²) in [7, 11) is 0. The van der Waals surface area contributed by atoms with Gasteiger partial charge in [-0.3, -0.25) is 9.78 Å². The predicted octanol–water partition coefficient (Wildman–Crippen LogP) is 2.42. The van der Waals surface area contributed by atoms with E-state index in [0.29, 0.717) is 31.3 Å². The lowest BCUT2D eigenvalue weighted by Gasteiger charge is -2.16. The van der Waals surface area contributed by atoms with E-state index in [4.69, 9.17) is 9.26 Å². The Hall–Kier alpha value is -2.12. The van der Waals surface area contributed by atoms with Crippen molar-refractivity contribution in [3.63, 3.8) is 0 Å². The van der Waals surface area contributed by atoms with Gasteiger partial charge in [0.1, 0.15) is 11.7 Å². The number of carbonyl (C=O) groups excluding carboxylic acids is 1. The molecule has 7 heteroatoms. The molecule has 0 spiro atoms. The molecule has 1 atom stereocenters. The Morgan fingerprint density at radius 3 is 3.24 bits per heavy atom. The van der Waals surface area contributed by atoms with Crippen LogP contribution in [0.3, 0.4) is 0 Å². The molecule has 4 heterocycles. The Labute approximate surface area is 123 Å². The van der Waals surface area contributed by atoms with E-state index in [2.05, 4.69) is 15.1 Å². The molecule has 106 valence electrons. The van der Waals surface area contributed by atoms with E-state index in [-0.39, 0.29) is 5.78 Å². The minimum atomic E-state index is -0.446. The van der Waals surface area contributed by atoms with Crippen LogP contribution in [0, 0.1) is 0 Å². The third-order valence-corrected chi connectivity index (χ3v) is 4.32. The molecule has 0 radical (unpaired) electrons. The average molecular weight is 301 g/mol. The molecule has 3 aromatic heterocycles. The van der Waals surface area contributed by atoms with Crippen molar-refractivity contribution in [2.45, 2.75) is 12.3 Å². The van der Waals surface area contributed by atoms with E-state index in [1.807, 2.05) is 17.5 Å². The molecule has 0 amide bonds. The van der Waals surface area contributed by atoms with Gasteiger partial charge in [-0.05, 0) is 17.5 Å². The number of nitrogens with zero attached hydrogens (tertiary/aromatic N) is 3. The van der Waals surface area contributed by atoms with Crippen molar-refractivity contribution in [3.05, 3.63) is 29.6 Å². The number of fused-ring (bicyclic) bond motifs is 1. The SMILES string of the molecule is O=C1CCOCC1c1nc(-c2cnc3ccsc3c2)no1. The zero-order valence-electron chi connectivity index (χ0n) is 11.0. The van der Waals surface area contributed by atoms with Gasteiger partial charge in [0.25, 0.3) is 0 Å². The summed E-state index contributed by atoms with van der Waals surface area (Å²) in [5.41, 5.74) is 1.73. The van der Waals surface area contributed by atoms with Gasteiger partial charge >= 0.3 is 0 Å². The minimum Gasteiger partial charge on any atom is -0.380 e. The molecule has 0 aromatic carbocycles. The number of rotatable bonds is 2. The van der Waals surface area contributed by atoms with Crippen molar-refractivity contribution < 1.29 is 14.1 Å². The summed E-state index contributed by atoms with van der Waals surface area (Å²) in [4.78, 5) is 20.5. The molecule has 0 saturated carbocycles. The van der Waals surface area contributed by atoms with Crippen molar-refractivity contribution in [1.82, 2.24) is 15.1 Å². The largest absolute Gasteiger partial charge is 0.380 e. The van der Waals surface area contributed by atoms with Crippen LogP contribution < -0.4 is 0 Å². The Kier molecular flexibility index (Phi) is 3.01. The fraction of sp³-hybridized carbons (Fsp3) is 0.286. The van der Waals surface area contributed by atoms with Crippen molar-refractivity contribution in [3.8, 4) is 11.4 Å². The molecule has 1 aliphatic rings. The molecule has 1 unspecified atom stereocenters. The van der Waals surface area contributed by atoms with Crippen LogP contribution in [0.1, 0.15) is 18.2 Å². The second kappa shape index (κ2) is 5.01. The second-order valence-corrected chi connectivity index (χ2v) is 5.78. The standard InChI is InChI=1S/C14H11N3O3S/c18-11-1-3-19-7-9(11)14-16-13(17-20-14)8-5-12-10(15-6-8)2-4-21-12/h2,4-6,9H,1,3,7H2. The van der Waals surface area contributed by atoms with Crippen LogP contribution in [-0.4, -0.2) is 34.1 Å². The highest BCUT2D eigenvalue weighted by molar-refractivity contribution is 7.17. The lowest BCUT2D eigenvalue weighted by atomic mass is 10.0. The molecular weight excluding hydrogens is 290 g/mol. The molecule has 6 nitrogen and oxygen atoms in total. The lowest BCUT2D eigenvalue weighted by molar-refractivity contribution is -0.127. The van der Waals surface area contributed by atoms with Gasteiger partial charge in [0.05, 0.1) is 23.4 Å². The molecular formula is C14H11N3O3S. The topological polar surface area (TPSA) is 78.1 Å². The maximum absolute atomic E-state index is 11.9. The van der Waals surface area contributed by atoms with E-state index < -0.39 is 5.92 Å². The maximum atomic E-state index is 11.9. The van der Waals surface area contributed by atoms with Crippen LogP contribution in [0.15, 0.2) is 28.2 Å². The van der Waals surface area contributed by atoms with Crippen molar-refractivity contribution in [1.29, 1.82) is 0 Å². The first-order valence-corrected chi connectivity index (χ1v) is 7.47. The molecule has 3 aromatic rings. The first-order valence-electron chi connectivity index (χ1n) is 6.59. The average Bonchev–Trinajstić information content (AvgIpc) is 3.16. The minimum absolute atomic E-state index is 0.0864.